The zero-order chi connectivity index (χ0) is 11.6. The Bertz CT molecular complexity index is 273. The quantitative estimate of drug-likeness (QED) is 0.569. The van der Waals surface area contributed by atoms with E-state index in [0.29, 0.717) is 0 Å². The lowest BCUT2D eigenvalue weighted by Gasteiger charge is -2.24. The number of carbonyl (C=O) groups is 2. The first-order valence-corrected chi connectivity index (χ1v) is 5.08. The van der Waals surface area contributed by atoms with Crippen molar-refractivity contribution in [2.75, 3.05) is 0 Å². The van der Waals surface area contributed by atoms with E-state index in [1.807, 2.05) is 0 Å². The molecule has 3 N–H and O–H groups in total. The van der Waals surface area contributed by atoms with Crippen LogP contribution >= 0.6 is 0 Å². The van der Waals surface area contributed by atoms with Crippen LogP contribution in [0, 0.1) is 5.41 Å². The predicted octanol–water partition coefficient (Wildman–Crippen LogP) is 0.127. The molecule has 1 saturated carbocycles. The molecule has 1 amide bonds. The van der Waals surface area contributed by atoms with E-state index in [1.54, 1.807) is 0 Å². The molecule has 0 aromatic rings. The fraction of sp³-hybridized carbons (Fsp3) is 0.800. The van der Waals surface area contributed by atoms with Crippen LogP contribution in [0.4, 0.5) is 0 Å². The molecule has 0 spiro atoms. The van der Waals surface area contributed by atoms with Crippen molar-refractivity contribution < 1.29 is 19.8 Å². The Balaban J connectivity index is 2.69. The molecule has 0 heterocycles. The van der Waals surface area contributed by atoms with E-state index in [4.69, 9.17) is 5.11 Å². The van der Waals surface area contributed by atoms with Gasteiger partial charge in [0.05, 0.1) is 6.10 Å². The monoisotopic (exact) mass is 215 g/mol. The number of aliphatic hydroxyl groups excluding tert-OH is 1. The summed E-state index contributed by atoms with van der Waals surface area (Å²) in [6.07, 6.45) is 0.948. The molecular formula is C10H17NO4. The van der Waals surface area contributed by atoms with Crippen molar-refractivity contribution in [2.24, 2.45) is 5.41 Å². The highest BCUT2D eigenvalue weighted by Gasteiger charge is 2.43. The highest BCUT2D eigenvalue weighted by atomic mass is 16.4. The zero-order valence-corrected chi connectivity index (χ0v) is 8.99. The van der Waals surface area contributed by atoms with Crippen LogP contribution in [0.2, 0.25) is 0 Å². The number of carboxylic acid groups (broad SMARTS) is 1. The molecule has 0 aromatic carbocycles. The van der Waals surface area contributed by atoms with Crippen molar-refractivity contribution >= 4 is 11.9 Å². The average Bonchev–Trinajstić information content (AvgIpc) is 2.86. The lowest BCUT2D eigenvalue weighted by Crippen LogP contribution is -2.46. The first-order chi connectivity index (χ1) is 6.86. The van der Waals surface area contributed by atoms with Crippen molar-refractivity contribution in [1.29, 1.82) is 0 Å². The Morgan fingerprint density at radius 3 is 2.40 bits per heavy atom. The van der Waals surface area contributed by atoms with E-state index in [0.717, 1.165) is 12.8 Å². The lowest BCUT2D eigenvalue weighted by molar-refractivity contribution is -0.156. The number of aliphatic hydroxyl groups is 1. The molecule has 5 heteroatoms. The second kappa shape index (κ2) is 4.18. The number of rotatable bonds is 5. The molecule has 15 heavy (non-hydrogen) atoms. The van der Waals surface area contributed by atoms with Crippen molar-refractivity contribution in [3.8, 4) is 0 Å². The average molecular weight is 215 g/mol. The molecule has 0 saturated heterocycles. The van der Waals surface area contributed by atoms with Crippen molar-refractivity contribution in [1.82, 2.24) is 5.32 Å². The molecule has 0 aliphatic heterocycles. The topological polar surface area (TPSA) is 86.6 Å². The first-order valence-electron chi connectivity index (χ1n) is 5.08. The minimum Gasteiger partial charge on any atom is -0.480 e. The standard InChI is InChI=1S/C10H17NO4/c1-6(12)5-10(2,9(14)15)8(13)11-7-3-4-7/h6-7,12H,3-5H2,1-2H3,(H,11,13)(H,14,15). The van der Waals surface area contributed by atoms with Gasteiger partial charge in [-0.1, -0.05) is 0 Å². The van der Waals surface area contributed by atoms with Gasteiger partial charge in [0.25, 0.3) is 0 Å². The van der Waals surface area contributed by atoms with Crippen LogP contribution in [-0.2, 0) is 9.59 Å². The fourth-order valence-electron chi connectivity index (χ4n) is 1.44. The summed E-state index contributed by atoms with van der Waals surface area (Å²) in [7, 11) is 0. The van der Waals surface area contributed by atoms with Gasteiger partial charge < -0.3 is 15.5 Å². The number of hydrogen-bond donors (Lipinski definition) is 3. The Morgan fingerprint density at radius 2 is 2.07 bits per heavy atom. The van der Waals surface area contributed by atoms with Gasteiger partial charge in [0, 0.05) is 6.04 Å². The minimum atomic E-state index is -1.53. The third kappa shape index (κ3) is 2.92. The summed E-state index contributed by atoms with van der Waals surface area (Å²) in [6, 6.07) is 0.130. The minimum absolute atomic E-state index is 0.0686. The summed E-state index contributed by atoms with van der Waals surface area (Å²) in [5.74, 6) is -1.69. The van der Waals surface area contributed by atoms with Crippen molar-refractivity contribution in [2.45, 2.75) is 45.3 Å². The van der Waals surface area contributed by atoms with Crippen molar-refractivity contribution in [3.05, 3.63) is 0 Å². The van der Waals surface area contributed by atoms with Gasteiger partial charge in [-0.15, -0.1) is 0 Å². The maximum Gasteiger partial charge on any atom is 0.319 e. The van der Waals surface area contributed by atoms with Crippen LogP contribution in [0.15, 0.2) is 0 Å². The predicted molar refractivity (Wildman–Crippen MR) is 53.2 cm³/mol. The largest absolute Gasteiger partial charge is 0.480 e. The van der Waals surface area contributed by atoms with E-state index in [-0.39, 0.29) is 12.5 Å². The number of nitrogens with one attached hydrogen (secondary N) is 1. The summed E-state index contributed by atoms with van der Waals surface area (Å²) in [5, 5.41) is 20.9. The normalized spacial score (nSPS) is 21.5. The van der Waals surface area contributed by atoms with Gasteiger partial charge in [-0.25, -0.2) is 0 Å². The van der Waals surface area contributed by atoms with Crippen LogP contribution in [0.1, 0.15) is 33.1 Å². The van der Waals surface area contributed by atoms with Gasteiger partial charge in [-0.05, 0) is 33.1 Å². The number of carbonyl (C=O) groups excluding carboxylic acids is 1. The van der Waals surface area contributed by atoms with Crippen LogP contribution in [0.5, 0.6) is 0 Å². The van der Waals surface area contributed by atoms with Crippen LogP contribution in [0.3, 0.4) is 0 Å². The summed E-state index contributed by atoms with van der Waals surface area (Å²) < 4.78 is 0. The smallest absolute Gasteiger partial charge is 0.319 e. The third-order valence-corrected chi connectivity index (χ3v) is 2.59. The maximum absolute atomic E-state index is 11.7. The molecule has 1 aliphatic carbocycles. The highest BCUT2D eigenvalue weighted by Crippen LogP contribution is 2.27. The molecule has 2 atom stereocenters. The van der Waals surface area contributed by atoms with Gasteiger partial charge in [-0.2, -0.15) is 0 Å². The molecule has 0 radical (unpaired) electrons. The molecule has 0 aromatic heterocycles. The summed E-state index contributed by atoms with van der Waals surface area (Å²) in [4.78, 5) is 22.7. The summed E-state index contributed by atoms with van der Waals surface area (Å²) in [6.45, 7) is 2.82. The Morgan fingerprint density at radius 1 is 1.53 bits per heavy atom. The van der Waals surface area contributed by atoms with E-state index >= 15 is 0 Å². The van der Waals surface area contributed by atoms with E-state index in [1.165, 1.54) is 13.8 Å². The number of hydrogen-bond acceptors (Lipinski definition) is 3. The Hall–Kier alpha value is -1.10. The SMILES string of the molecule is CC(O)CC(C)(C(=O)O)C(=O)NC1CC1. The summed E-state index contributed by atoms with van der Waals surface area (Å²) >= 11 is 0. The number of amides is 1. The second-order valence-electron chi connectivity index (χ2n) is 4.44. The molecule has 1 aliphatic rings. The van der Waals surface area contributed by atoms with Gasteiger partial charge in [0.1, 0.15) is 5.41 Å². The van der Waals surface area contributed by atoms with Gasteiger partial charge in [0.2, 0.25) is 5.91 Å². The highest BCUT2D eigenvalue weighted by molar-refractivity contribution is 6.01. The fourth-order valence-corrected chi connectivity index (χ4v) is 1.44. The van der Waals surface area contributed by atoms with Gasteiger partial charge >= 0.3 is 5.97 Å². The Labute approximate surface area is 88.5 Å². The second-order valence-corrected chi connectivity index (χ2v) is 4.44. The molecule has 86 valence electrons. The lowest BCUT2D eigenvalue weighted by atomic mass is 9.83. The number of aliphatic carboxylic acids is 1. The molecular weight excluding hydrogens is 198 g/mol. The number of carboxylic acids is 1. The van der Waals surface area contributed by atoms with E-state index in [2.05, 4.69) is 5.32 Å². The van der Waals surface area contributed by atoms with Crippen LogP contribution in [-0.4, -0.2) is 34.2 Å². The molecule has 2 unspecified atom stereocenters. The first kappa shape index (κ1) is 12.0. The molecule has 1 rings (SSSR count). The van der Waals surface area contributed by atoms with E-state index in [9.17, 15) is 14.7 Å². The van der Waals surface area contributed by atoms with Gasteiger partial charge in [0.15, 0.2) is 0 Å². The molecule has 5 nitrogen and oxygen atoms in total. The molecule has 1 fully saturated rings. The van der Waals surface area contributed by atoms with Crippen LogP contribution < -0.4 is 5.32 Å². The Kier molecular flexibility index (Phi) is 3.34. The van der Waals surface area contributed by atoms with E-state index < -0.39 is 23.4 Å². The van der Waals surface area contributed by atoms with Crippen molar-refractivity contribution in [3.63, 3.8) is 0 Å². The third-order valence-electron chi connectivity index (χ3n) is 2.59. The molecule has 0 bridgehead atoms. The maximum atomic E-state index is 11.7. The van der Waals surface area contributed by atoms with Gasteiger partial charge in [-0.3, -0.25) is 9.59 Å². The van der Waals surface area contributed by atoms with Crippen LogP contribution in [0.25, 0.3) is 0 Å². The summed E-state index contributed by atoms with van der Waals surface area (Å²) in [5.41, 5.74) is -1.53. The zero-order valence-electron chi connectivity index (χ0n) is 8.99.